The average Bonchev–Trinajstić information content (AvgIpc) is 3.37. The highest BCUT2D eigenvalue weighted by Gasteiger charge is 2.18. The number of aromatic nitrogens is 2. The Morgan fingerprint density at radius 2 is 1.83 bits per heavy atom. The van der Waals surface area contributed by atoms with Gasteiger partial charge in [-0.2, -0.15) is 0 Å². The molecule has 0 spiro atoms. The van der Waals surface area contributed by atoms with Crippen LogP contribution >= 0.6 is 11.6 Å². The summed E-state index contributed by atoms with van der Waals surface area (Å²) in [5.74, 6) is 0.547. The van der Waals surface area contributed by atoms with Crippen LogP contribution in [0.1, 0.15) is 5.56 Å². The van der Waals surface area contributed by atoms with Gasteiger partial charge >= 0.3 is 0 Å². The van der Waals surface area contributed by atoms with Gasteiger partial charge in [0, 0.05) is 22.5 Å². The zero-order valence-electron chi connectivity index (χ0n) is 19.2. The Labute approximate surface area is 211 Å². The molecule has 182 valence electrons. The summed E-state index contributed by atoms with van der Waals surface area (Å²) in [6, 6.07) is 20.1. The fraction of sp³-hybridized carbons (Fsp3) is 0.0769. The number of hydrogen-bond acceptors (Lipinski definition) is 6. The minimum Gasteiger partial charge on any atom is -0.495 e. The largest absolute Gasteiger partial charge is 0.495 e. The Morgan fingerprint density at radius 1 is 1.00 bits per heavy atom. The second kappa shape index (κ2) is 9.18. The van der Waals surface area contributed by atoms with Crippen LogP contribution < -0.4 is 15.0 Å². The van der Waals surface area contributed by atoms with E-state index in [1.165, 1.54) is 42.2 Å². The Bertz CT molecular complexity index is 1760. The lowest BCUT2D eigenvalue weighted by Gasteiger charge is -2.16. The van der Waals surface area contributed by atoms with Gasteiger partial charge in [-0.1, -0.05) is 28.9 Å². The van der Waals surface area contributed by atoms with Gasteiger partial charge in [-0.3, -0.25) is 14.1 Å². The highest BCUT2D eigenvalue weighted by atomic mass is 35.5. The third-order valence-corrected chi connectivity index (χ3v) is 7.37. The quantitative estimate of drug-likeness (QED) is 0.320. The molecule has 0 saturated heterocycles. The van der Waals surface area contributed by atoms with Gasteiger partial charge in [-0.15, -0.1) is 0 Å². The molecular weight excluding hydrogens is 502 g/mol. The van der Waals surface area contributed by atoms with E-state index in [-0.39, 0.29) is 16.3 Å². The number of pyridine rings is 1. The first-order chi connectivity index (χ1) is 17.3. The van der Waals surface area contributed by atoms with E-state index >= 15 is 0 Å². The molecule has 0 unspecified atom stereocenters. The van der Waals surface area contributed by atoms with Gasteiger partial charge in [0.05, 0.1) is 23.2 Å². The van der Waals surface area contributed by atoms with E-state index in [4.69, 9.17) is 16.3 Å². The maximum absolute atomic E-state index is 13.0. The second-order valence-corrected chi connectivity index (χ2v) is 10.2. The predicted molar refractivity (Wildman–Crippen MR) is 139 cm³/mol. The van der Waals surface area contributed by atoms with Crippen molar-refractivity contribution in [2.75, 3.05) is 11.8 Å². The number of rotatable bonds is 6. The molecule has 1 N–H and O–H groups in total. The summed E-state index contributed by atoms with van der Waals surface area (Å²) in [6.45, 7) is 1.99. The first-order valence-electron chi connectivity index (χ1n) is 10.8. The van der Waals surface area contributed by atoms with E-state index in [0.29, 0.717) is 27.4 Å². The summed E-state index contributed by atoms with van der Waals surface area (Å²) in [5.41, 5.74) is 3.64. The molecule has 0 atom stereocenters. The van der Waals surface area contributed by atoms with Crippen LogP contribution in [0.15, 0.2) is 93.3 Å². The topological polar surface area (TPSA) is 103 Å². The molecule has 0 fully saturated rings. The molecular formula is C26H20ClN3O5S. The van der Waals surface area contributed by atoms with Gasteiger partial charge in [0.25, 0.3) is 15.6 Å². The molecule has 2 aromatic heterocycles. The van der Waals surface area contributed by atoms with Gasteiger partial charge in [0.15, 0.2) is 5.82 Å². The van der Waals surface area contributed by atoms with Crippen LogP contribution in [0.3, 0.4) is 0 Å². The molecule has 3 aromatic carbocycles. The van der Waals surface area contributed by atoms with E-state index in [0.717, 1.165) is 16.7 Å². The van der Waals surface area contributed by atoms with Crippen molar-refractivity contribution in [2.24, 2.45) is 0 Å². The van der Waals surface area contributed by atoms with Crippen LogP contribution in [0.25, 0.3) is 27.7 Å². The van der Waals surface area contributed by atoms with Crippen molar-refractivity contribution in [1.82, 2.24) is 9.72 Å². The monoisotopic (exact) mass is 521 g/mol. The summed E-state index contributed by atoms with van der Waals surface area (Å²) in [5, 5.41) is 4.75. The van der Waals surface area contributed by atoms with E-state index in [9.17, 15) is 13.2 Å². The predicted octanol–water partition coefficient (Wildman–Crippen LogP) is 5.42. The van der Waals surface area contributed by atoms with Gasteiger partial charge in [0.2, 0.25) is 0 Å². The number of anilines is 1. The minimum atomic E-state index is -3.91. The van der Waals surface area contributed by atoms with Gasteiger partial charge in [0.1, 0.15) is 12.0 Å². The molecule has 8 nitrogen and oxygen atoms in total. The molecule has 0 bridgehead atoms. The number of benzene rings is 3. The number of methoxy groups -OCH3 is 1. The number of fused-ring (bicyclic) bond motifs is 1. The standard InChI is InChI=1S/C26H20ClN3O5S/c1-16-3-6-19(27)15-21(16)17-4-8-23(24(14-17)34-2)30-22-9-7-20(13-18(22)5-10-26(30)31)36(32,33)29-25-11-12-35-28-25/h3-15H,1-2H3,(H,28,29). The van der Waals surface area contributed by atoms with Crippen molar-refractivity contribution in [2.45, 2.75) is 11.8 Å². The van der Waals surface area contributed by atoms with E-state index in [1.807, 2.05) is 37.3 Å². The number of nitrogens with zero attached hydrogens (tertiary/aromatic N) is 2. The third kappa shape index (κ3) is 4.34. The maximum Gasteiger partial charge on any atom is 0.263 e. The smallest absolute Gasteiger partial charge is 0.263 e. The van der Waals surface area contributed by atoms with Crippen LogP contribution in [0, 0.1) is 6.92 Å². The van der Waals surface area contributed by atoms with Gasteiger partial charge in [-0.25, -0.2) is 8.42 Å². The third-order valence-electron chi connectivity index (χ3n) is 5.78. The molecule has 5 aromatic rings. The Kier molecular flexibility index (Phi) is 6.03. The first kappa shape index (κ1) is 23.7. The van der Waals surface area contributed by atoms with Crippen molar-refractivity contribution >= 4 is 38.3 Å². The van der Waals surface area contributed by atoms with Crippen molar-refractivity contribution in [3.8, 4) is 22.6 Å². The van der Waals surface area contributed by atoms with Crippen LogP contribution in [0.5, 0.6) is 5.75 Å². The minimum absolute atomic E-state index is 0.0157. The lowest BCUT2D eigenvalue weighted by atomic mass is 10.00. The normalized spacial score (nSPS) is 11.5. The molecule has 10 heteroatoms. The molecule has 0 aliphatic rings. The second-order valence-electron chi connectivity index (χ2n) is 8.06. The molecule has 36 heavy (non-hydrogen) atoms. The molecule has 0 amide bonds. The van der Waals surface area contributed by atoms with E-state index in [1.54, 1.807) is 18.2 Å². The van der Waals surface area contributed by atoms with Crippen molar-refractivity contribution in [3.63, 3.8) is 0 Å². The van der Waals surface area contributed by atoms with E-state index in [2.05, 4.69) is 14.4 Å². The van der Waals surface area contributed by atoms with E-state index < -0.39 is 10.0 Å². The zero-order chi connectivity index (χ0) is 25.4. The maximum atomic E-state index is 13.0. The fourth-order valence-electron chi connectivity index (χ4n) is 4.04. The zero-order valence-corrected chi connectivity index (χ0v) is 20.8. The SMILES string of the molecule is COc1cc(-c2cc(Cl)ccc2C)ccc1-n1c(=O)ccc2cc(S(=O)(=O)Nc3ccon3)ccc21. The molecule has 2 heterocycles. The number of sulfonamides is 1. The van der Waals surface area contributed by atoms with Gasteiger partial charge < -0.3 is 9.26 Å². The summed E-state index contributed by atoms with van der Waals surface area (Å²) in [6.07, 6.45) is 1.27. The van der Waals surface area contributed by atoms with Crippen molar-refractivity contribution in [3.05, 3.63) is 100.0 Å². The Balaban J connectivity index is 1.62. The Hall–Kier alpha value is -4.08. The highest BCUT2D eigenvalue weighted by molar-refractivity contribution is 7.92. The number of nitrogens with one attached hydrogen (secondary N) is 1. The Morgan fingerprint density at radius 3 is 2.58 bits per heavy atom. The van der Waals surface area contributed by atoms with Crippen LogP contribution in [0.2, 0.25) is 5.02 Å². The molecule has 0 saturated carbocycles. The highest BCUT2D eigenvalue weighted by Crippen LogP contribution is 2.33. The van der Waals surface area contributed by atoms with Gasteiger partial charge in [-0.05, 0) is 72.1 Å². The number of halogens is 1. The summed E-state index contributed by atoms with van der Waals surface area (Å²) >= 11 is 6.21. The molecule has 0 radical (unpaired) electrons. The summed E-state index contributed by atoms with van der Waals surface area (Å²) in [7, 11) is -2.38. The van der Waals surface area contributed by atoms with Crippen LogP contribution in [-0.2, 0) is 10.0 Å². The lowest BCUT2D eigenvalue weighted by molar-refractivity contribution is 0.413. The van der Waals surface area contributed by atoms with Crippen molar-refractivity contribution < 1.29 is 17.7 Å². The lowest BCUT2D eigenvalue weighted by Crippen LogP contribution is -2.18. The summed E-state index contributed by atoms with van der Waals surface area (Å²) < 4.78 is 39.8. The average molecular weight is 522 g/mol. The van der Waals surface area contributed by atoms with Crippen molar-refractivity contribution in [1.29, 1.82) is 0 Å². The first-order valence-corrected chi connectivity index (χ1v) is 12.7. The molecule has 5 rings (SSSR count). The summed E-state index contributed by atoms with van der Waals surface area (Å²) in [4.78, 5) is 13.0. The number of ether oxygens (including phenoxy) is 1. The van der Waals surface area contributed by atoms with Crippen LogP contribution in [0.4, 0.5) is 5.82 Å². The number of hydrogen-bond donors (Lipinski definition) is 1. The van der Waals surface area contributed by atoms with Crippen LogP contribution in [-0.4, -0.2) is 25.3 Å². The fourth-order valence-corrected chi connectivity index (χ4v) is 5.24. The molecule has 0 aliphatic heterocycles. The number of aryl methyl sites for hydroxylation is 1. The molecule has 0 aliphatic carbocycles.